The third kappa shape index (κ3) is 4.90. The molecule has 4 nitrogen and oxygen atoms in total. The number of hydrogen-bond donors (Lipinski definition) is 2. The Morgan fingerprint density at radius 1 is 1.73 bits per heavy atom. The van der Waals surface area contributed by atoms with Crippen molar-refractivity contribution in [1.82, 2.24) is 10.3 Å². The topological polar surface area (TPSA) is 62.2 Å². The van der Waals surface area contributed by atoms with E-state index in [0.717, 1.165) is 10.7 Å². The number of nitrogens with one attached hydrogen (secondary N) is 1. The molecule has 1 rings (SSSR count). The lowest BCUT2D eigenvalue weighted by atomic mass is 10.2. The molecule has 0 aromatic carbocycles. The Balaban J connectivity index is 2.22. The number of aliphatic hydroxyl groups is 1. The van der Waals surface area contributed by atoms with E-state index in [-0.39, 0.29) is 5.91 Å². The maximum absolute atomic E-state index is 11.3. The highest BCUT2D eigenvalue weighted by atomic mass is 32.1. The number of hydrogen-bond acceptors (Lipinski definition) is 4. The van der Waals surface area contributed by atoms with Crippen molar-refractivity contribution in [2.24, 2.45) is 0 Å². The molecule has 1 unspecified atom stereocenters. The van der Waals surface area contributed by atoms with Crippen LogP contribution in [0, 0.1) is 6.92 Å². The van der Waals surface area contributed by atoms with Gasteiger partial charge in [0.1, 0.15) is 5.01 Å². The SMILES string of the molecule is Cc1csc(CNC(=O)CCC(C)O)n1. The van der Waals surface area contributed by atoms with E-state index in [0.29, 0.717) is 19.4 Å². The van der Waals surface area contributed by atoms with Gasteiger partial charge in [-0.2, -0.15) is 0 Å². The van der Waals surface area contributed by atoms with Gasteiger partial charge >= 0.3 is 0 Å². The van der Waals surface area contributed by atoms with Crippen molar-refractivity contribution in [1.29, 1.82) is 0 Å². The van der Waals surface area contributed by atoms with Crippen LogP contribution in [0.4, 0.5) is 0 Å². The van der Waals surface area contributed by atoms with Crippen LogP contribution in [0.2, 0.25) is 0 Å². The fourth-order valence-electron chi connectivity index (χ4n) is 1.09. The molecule has 1 amide bonds. The lowest BCUT2D eigenvalue weighted by Gasteiger charge is -2.04. The standard InChI is InChI=1S/C10H16N2O2S/c1-7-6-15-10(12-7)5-11-9(14)4-3-8(2)13/h6,8,13H,3-5H2,1-2H3,(H,11,14). The number of aryl methyl sites for hydroxylation is 1. The van der Waals surface area contributed by atoms with Crippen molar-refractivity contribution < 1.29 is 9.90 Å². The first-order chi connectivity index (χ1) is 7.08. The molecule has 2 N–H and O–H groups in total. The van der Waals surface area contributed by atoms with Gasteiger partial charge in [0.25, 0.3) is 0 Å². The second kappa shape index (κ2) is 5.82. The molecule has 0 saturated carbocycles. The van der Waals surface area contributed by atoms with Gasteiger partial charge in [0.15, 0.2) is 0 Å². The van der Waals surface area contributed by atoms with Gasteiger partial charge in [-0.3, -0.25) is 4.79 Å². The Morgan fingerprint density at radius 2 is 2.47 bits per heavy atom. The van der Waals surface area contributed by atoms with Crippen molar-refractivity contribution in [2.75, 3.05) is 0 Å². The van der Waals surface area contributed by atoms with Crippen LogP contribution in [0.3, 0.4) is 0 Å². The van der Waals surface area contributed by atoms with Crippen LogP contribution in [0.1, 0.15) is 30.5 Å². The number of nitrogens with zero attached hydrogens (tertiary/aromatic N) is 1. The van der Waals surface area contributed by atoms with Gasteiger partial charge in [-0.15, -0.1) is 11.3 Å². The average Bonchev–Trinajstić information content (AvgIpc) is 2.58. The van der Waals surface area contributed by atoms with Gasteiger partial charge in [-0.25, -0.2) is 4.98 Å². The van der Waals surface area contributed by atoms with Crippen molar-refractivity contribution in [2.45, 2.75) is 39.3 Å². The van der Waals surface area contributed by atoms with Crippen molar-refractivity contribution >= 4 is 17.2 Å². The fraction of sp³-hybridized carbons (Fsp3) is 0.600. The summed E-state index contributed by atoms with van der Waals surface area (Å²) in [6, 6.07) is 0. The second-order valence-corrected chi connectivity index (χ2v) is 4.49. The Hall–Kier alpha value is -0.940. The number of carbonyl (C=O) groups is 1. The molecule has 5 heteroatoms. The van der Waals surface area contributed by atoms with E-state index < -0.39 is 6.10 Å². The largest absolute Gasteiger partial charge is 0.393 e. The van der Waals surface area contributed by atoms with Crippen LogP contribution in [0.5, 0.6) is 0 Å². The first kappa shape index (κ1) is 12.1. The molecule has 1 heterocycles. The van der Waals surface area contributed by atoms with Crippen molar-refractivity contribution in [3.8, 4) is 0 Å². The molecule has 0 aliphatic rings. The number of aliphatic hydroxyl groups excluding tert-OH is 1. The van der Waals surface area contributed by atoms with E-state index in [2.05, 4.69) is 10.3 Å². The summed E-state index contributed by atoms with van der Waals surface area (Å²) in [5, 5.41) is 14.6. The molecule has 0 saturated heterocycles. The molecule has 1 aromatic heterocycles. The van der Waals surface area contributed by atoms with E-state index in [1.54, 1.807) is 18.3 Å². The zero-order valence-electron chi connectivity index (χ0n) is 8.99. The van der Waals surface area contributed by atoms with Crippen LogP contribution in [-0.4, -0.2) is 22.1 Å². The lowest BCUT2D eigenvalue weighted by molar-refractivity contribution is -0.121. The predicted molar refractivity (Wildman–Crippen MR) is 59.6 cm³/mol. The predicted octanol–water partition coefficient (Wildman–Crippen LogP) is 1.23. The molecule has 0 bridgehead atoms. The molecule has 1 atom stereocenters. The van der Waals surface area contributed by atoms with E-state index in [4.69, 9.17) is 5.11 Å². The zero-order valence-corrected chi connectivity index (χ0v) is 9.80. The molecular formula is C10H16N2O2S. The molecule has 0 fully saturated rings. The van der Waals surface area contributed by atoms with Crippen molar-refractivity contribution in [3.63, 3.8) is 0 Å². The smallest absolute Gasteiger partial charge is 0.220 e. The van der Waals surface area contributed by atoms with Gasteiger partial charge in [0, 0.05) is 17.5 Å². The summed E-state index contributed by atoms with van der Waals surface area (Å²) >= 11 is 1.54. The van der Waals surface area contributed by atoms with Gasteiger partial charge < -0.3 is 10.4 Å². The summed E-state index contributed by atoms with van der Waals surface area (Å²) in [7, 11) is 0. The molecule has 15 heavy (non-hydrogen) atoms. The third-order valence-electron chi connectivity index (χ3n) is 1.89. The Bertz CT molecular complexity index is 323. The number of thiazole rings is 1. The normalized spacial score (nSPS) is 12.5. The Labute approximate surface area is 93.4 Å². The van der Waals surface area contributed by atoms with E-state index in [1.807, 2.05) is 12.3 Å². The maximum atomic E-state index is 11.3. The highest BCUT2D eigenvalue weighted by Crippen LogP contribution is 2.08. The first-order valence-corrected chi connectivity index (χ1v) is 5.81. The summed E-state index contributed by atoms with van der Waals surface area (Å²) in [4.78, 5) is 15.5. The van der Waals surface area contributed by atoms with Gasteiger partial charge in [-0.05, 0) is 20.3 Å². The molecule has 0 aliphatic carbocycles. The lowest BCUT2D eigenvalue weighted by Crippen LogP contribution is -2.23. The minimum atomic E-state index is -0.419. The van der Waals surface area contributed by atoms with E-state index in [1.165, 1.54) is 0 Å². The Kier molecular flexibility index (Phi) is 4.71. The molecule has 0 spiro atoms. The van der Waals surface area contributed by atoms with Crippen LogP contribution < -0.4 is 5.32 Å². The van der Waals surface area contributed by atoms with Crippen LogP contribution in [0.25, 0.3) is 0 Å². The minimum Gasteiger partial charge on any atom is -0.393 e. The summed E-state index contributed by atoms with van der Waals surface area (Å²) < 4.78 is 0. The highest BCUT2D eigenvalue weighted by molar-refractivity contribution is 7.09. The van der Waals surface area contributed by atoms with Crippen LogP contribution >= 0.6 is 11.3 Å². The highest BCUT2D eigenvalue weighted by Gasteiger charge is 2.05. The zero-order chi connectivity index (χ0) is 11.3. The molecule has 0 radical (unpaired) electrons. The van der Waals surface area contributed by atoms with Gasteiger partial charge in [0.2, 0.25) is 5.91 Å². The minimum absolute atomic E-state index is 0.0382. The maximum Gasteiger partial charge on any atom is 0.220 e. The summed E-state index contributed by atoms with van der Waals surface area (Å²) in [5.41, 5.74) is 0.980. The number of rotatable bonds is 5. The summed E-state index contributed by atoms with van der Waals surface area (Å²) in [6.45, 7) is 4.09. The fourth-order valence-corrected chi connectivity index (χ4v) is 1.80. The monoisotopic (exact) mass is 228 g/mol. The van der Waals surface area contributed by atoms with Gasteiger partial charge in [-0.1, -0.05) is 0 Å². The second-order valence-electron chi connectivity index (χ2n) is 3.55. The molecule has 0 aliphatic heterocycles. The molecule has 1 aromatic rings. The van der Waals surface area contributed by atoms with Gasteiger partial charge in [0.05, 0.1) is 12.6 Å². The van der Waals surface area contributed by atoms with Crippen molar-refractivity contribution in [3.05, 3.63) is 16.1 Å². The third-order valence-corrected chi connectivity index (χ3v) is 2.86. The first-order valence-electron chi connectivity index (χ1n) is 4.93. The quantitative estimate of drug-likeness (QED) is 0.796. The van der Waals surface area contributed by atoms with E-state index >= 15 is 0 Å². The Morgan fingerprint density at radius 3 is 3.00 bits per heavy atom. The number of amides is 1. The molecular weight excluding hydrogens is 212 g/mol. The number of carbonyl (C=O) groups excluding carboxylic acids is 1. The number of aromatic nitrogens is 1. The summed E-state index contributed by atoms with van der Waals surface area (Å²) in [6.07, 6.45) is 0.447. The summed E-state index contributed by atoms with van der Waals surface area (Å²) in [5.74, 6) is -0.0382. The molecule has 84 valence electrons. The van der Waals surface area contributed by atoms with Crippen LogP contribution in [-0.2, 0) is 11.3 Å². The average molecular weight is 228 g/mol. The van der Waals surface area contributed by atoms with E-state index in [9.17, 15) is 4.79 Å². The van der Waals surface area contributed by atoms with Crippen LogP contribution in [0.15, 0.2) is 5.38 Å².